The summed E-state index contributed by atoms with van der Waals surface area (Å²) < 4.78 is 5.36. The van der Waals surface area contributed by atoms with Crippen LogP contribution in [0.15, 0.2) is 42.6 Å². The summed E-state index contributed by atoms with van der Waals surface area (Å²) in [4.78, 5) is 15.5. The zero-order chi connectivity index (χ0) is 20.1. The molecule has 0 fully saturated rings. The van der Waals surface area contributed by atoms with Crippen LogP contribution in [0.4, 0.5) is 28.8 Å². The quantitative estimate of drug-likeness (QED) is 0.569. The number of aryl methyl sites for hydroxylation is 1. The molecule has 0 atom stereocenters. The molecule has 0 aliphatic carbocycles. The van der Waals surface area contributed by atoms with Crippen molar-refractivity contribution in [2.75, 3.05) is 23.1 Å². The molecule has 9 heteroatoms. The van der Waals surface area contributed by atoms with Gasteiger partial charge in [0.25, 0.3) is 0 Å². The molecule has 1 heterocycles. The predicted octanol–water partition coefficient (Wildman–Crippen LogP) is 4.29. The van der Waals surface area contributed by atoms with E-state index in [2.05, 4.69) is 31.1 Å². The standard InChI is InChI=1S/C19H19ClN6O2/c1-11-8-16(17(28-3)9-15(11)20)24-18-10-21-26-19(25-18)23-14-6-4-13(5-7-14)22-12(2)27/h4-10H,1-3H3,(H,22,27)(H2,23,24,25,26). The molecule has 0 aliphatic rings. The molecule has 1 amide bonds. The van der Waals surface area contributed by atoms with Crippen LogP contribution in [-0.2, 0) is 4.79 Å². The summed E-state index contributed by atoms with van der Waals surface area (Å²) >= 11 is 6.14. The monoisotopic (exact) mass is 398 g/mol. The van der Waals surface area contributed by atoms with Crippen molar-refractivity contribution < 1.29 is 9.53 Å². The van der Waals surface area contributed by atoms with E-state index >= 15 is 0 Å². The number of hydrogen-bond acceptors (Lipinski definition) is 7. The molecule has 3 N–H and O–H groups in total. The molecule has 1 aromatic heterocycles. The van der Waals surface area contributed by atoms with Gasteiger partial charge >= 0.3 is 0 Å². The first kappa shape index (κ1) is 19.4. The summed E-state index contributed by atoms with van der Waals surface area (Å²) in [5.41, 5.74) is 3.09. The van der Waals surface area contributed by atoms with E-state index in [1.165, 1.54) is 13.1 Å². The van der Waals surface area contributed by atoms with Crippen LogP contribution in [0.3, 0.4) is 0 Å². The van der Waals surface area contributed by atoms with E-state index in [-0.39, 0.29) is 5.91 Å². The molecule has 2 aromatic carbocycles. The number of carbonyl (C=O) groups excluding carboxylic acids is 1. The Bertz CT molecular complexity index is 994. The maximum Gasteiger partial charge on any atom is 0.249 e. The average Bonchev–Trinajstić information content (AvgIpc) is 2.66. The Morgan fingerprint density at radius 2 is 1.82 bits per heavy atom. The van der Waals surface area contributed by atoms with Gasteiger partial charge in [-0.2, -0.15) is 10.1 Å². The van der Waals surface area contributed by atoms with Crippen molar-refractivity contribution in [3.05, 3.63) is 53.2 Å². The van der Waals surface area contributed by atoms with Crippen molar-refractivity contribution in [1.82, 2.24) is 15.2 Å². The van der Waals surface area contributed by atoms with Gasteiger partial charge in [0.1, 0.15) is 5.75 Å². The van der Waals surface area contributed by atoms with E-state index in [1.807, 2.05) is 13.0 Å². The summed E-state index contributed by atoms with van der Waals surface area (Å²) in [6, 6.07) is 10.8. The number of nitrogens with one attached hydrogen (secondary N) is 3. The van der Waals surface area contributed by atoms with E-state index in [4.69, 9.17) is 16.3 Å². The topological polar surface area (TPSA) is 101 Å². The third-order valence-electron chi connectivity index (χ3n) is 3.76. The van der Waals surface area contributed by atoms with Gasteiger partial charge in [0, 0.05) is 29.4 Å². The van der Waals surface area contributed by atoms with Gasteiger partial charge in [-0.25, -0.2) is 0 Å². The molecule has 0 radical (unpaired) electrons. The SMILES string of the molecule is COc1cc(Cl)c(C)cc1Nc1cnnc(Nc2ccc(NC(C)=O)cc2)n1. The maximum absolute atomic E-state index is 11.1. The maximum atomic E-state index is 11.1. The molecule has 0 spiro atoms. The van der Waals surface area contributed by atoms with Crippen LogP contribution in [-0.4, -0.2) is 28.2 Å². The summed E-state index contributed by atoms with van der Waals surface area (Å²) in [5.74, 6) is 1.28. The van der Waals surface area contributed by atoms with E-state index in [9.17, 15) is 4.79 Å². The molecule has 8 nitrogen and oxygen atoms in total. The van der Waals surface area contributed by atoms with Crippen LogP contribution in [0.25, 0.3) is 0 Å². The largest absolute Gasteiger partial charge is 0.495 e. The minimum absolute atomic E-state index is 0.125. The number of benzene rings is 2. The molecule has 0 saturated heterocycles. The molecule has 28 heavy (non-hydrogen) atoms. The second-order valence-corrected chi connectivity index (χ2v) is 6.38. The van der Waals surface area contributed by atoms with Crippen molar-refractivity contribution >= 4 is 46.3 Å². The Balaban J connectivity index is 1.76. The summed E-state index contributed by atoms with van der Waals surface area (Å²) in [7, 11) is 1.57. The molecule has 3 rings (SSSR count). The van der Waals surface area contributed by atoms with Crippen LogP contribution in [0.5, 0.6) is 5.75 Å². The predicted molar refractivity (Wildman–Crippen MR) is 110 cm³/mol. The molecular weight excluding hydrogens is 380 g/mol. The number of ether oxygens (including phenoxy) is 1. The Hall–Kier alpha value is -3.39. The van der Waals surface area contributed by atoms with Gasteiger partial charge in [-0.05, 0) is 42.8 Å². The number of amides is 1. The van der Waals surface area contributed by atoms with Crippen molar-refractivity contribution in [2.24, 2.45) is 0 Å². The van der Waals surface area contributed by atoms with Gasteiger partial charge < -0.3 is 20.7 Å². The minimum Gasteiger partial charge on any atom is -0.495 e. The zero-order valence-electron chi connectivity index (χ0n) is 15.6. The molecular formula is C19H19ClN6O2. The number of halogens is 1. The Labute approximate surface area is 167 Å². The molecule has 3 aromatic rings. The first-order valence-electron chi connectivity index (χ1n) is 8.40. The Morgan fingerprint density at radius 3 is 2.50 bits per heavy atom. The third kappa shape index (κ3) is 4.86. The molecule has 0 saturated carbocycles. The van der Waals surface area contributed by atoms with E-state index in [0.717, 1.165) is 16.9 Å². The van der Waals surface area contributed by atoms with Crippen LogP contribution in [0.2, 0.25) is 5.02 Å². The molecule has 144 valence electrons. The first-order valence-corrected chi connectivity index (χ1v) is 8.78. The van der Waals surface area contributed by atoms with Crippen LogP contribution < -0.4 is 20.7 Å². The lowest BCUT2D eigenvalue weighted by molar-refractivity contribution is -0.114. The van der Waals surface area contributed by atoms with Crippen molar-refractivity contribution in [1.29, 1.82) is 0 Å². The third-order valence-corrected chi connectivity index (χ3v) is 4.17. The Kier molecular flexibility index (Phi) is 5.90. The summed E-state index contributed by atoms with van der Waals surface area (Å²) in [6.07, 6.45) is 1.51. The second-order valence-electron chi connectivity index (χ2n) is 5.98. The fourth-order valence-corrected chi connectivity index (χ4v) is 2.61. The molecule has 0 bridgehead atoms. The first-order chi connectivity index (χ1) is 13.4. The Morgan fingerprint density at radius 1 is 1.11 bits per heavy atom. The smallest absolute Gasteiger partial charge is 0.249 e. The number of methoxy groups -OCH3 is 1. The van der Waals surface area contributed by atoms with Gasteiger partial charge in [-0.3, -0.25) is 4.79 Å². The summed E-state index contributed by atoms with van der Waals surface area (Å²) in [5, 5.41) is 17.5. The van der Waals surface area contributed by atoms with Crippen molar-refractivity contribution in [3.8, 4) is 5.75 Å². The summed E-state index contributed by atoms with van der Waals surface area (Å²) in [6.45, 7) is 3.37. The van der Waals surface area contributed by atoms with Gasteiger partial charge in [-0.1, -0.05) is 11.6 Å². The normalized spacial score (nSPS) is 10.3. The van der Waals surface area contributed by atoms with E-state index in [0.29, 0.717) is 28.2 Å². The number of rotatable bonds is 6. The molecule has 0 aliphatic heterocycles. The number of anilines is 5. The minimum atomic E-state index is -0.125. The number of hydrogen-bond donors (Lipinski definition) is 3. The highest BCUT2D eigenvalue weighted by atomic mass is 35.5. The lowest BCUT2D eigenvalue weighted by Crippen LogP contribution is -2.06. The lowest BCUT2D eigenvalue weighted by Gasteiger charge is -2.13. The van der Waals surface area contributed by atoms with Gasteiger partial charge in [-0.15, -0.1) is 5.10 Å². The van der Waals surface area contributed by atoms with Crippen LogP contribution >= 0.6 is 11.6 Å². The number of nitrogens with zero attached hydrogens (tertiary/aromatic N) is 3. The van der Waals surface area contributed by atoms with Crippen molar-refractivity contribution in [2.45, 2.75) is 13.8 Å². The fraction of sp³-hybridized carbons (Fsp3) is 0.158. The number of aromatic nitrogens is 3. The van der Waals surface area contributed by atoms with Gasteiger partial charge in [0.15, 0.2) is 5.82 Å². The van der Waals surface area contributed by atoms with Gasteiger partial charge in [0.05, 0.1) is 19.0 Å². The highest BCUT2D eigenvalue weighted by molar-refractivity contribution is 6.31. The van der Waals surface area contributed by atoms with Crippen LogP contribution in [0.1, 0.15) is 12.5 Å². The van der Waals surface area contributed by atoms with Gasteiger partial charge in [0.2, 0.25) is 11.9 Å². The highest BCUT2D eigenvalue weighted by Gasteiger charge is 2.09. The van der Waals surface area contributed by atoms with E-state index in [1.54, 1.807) is 37.4 Å². The van der Waals surface area contributed by atoms with Crippen LogP contribution in [0, 0.1) is 6.92 Å². The zero-order valence-corrected chi connectivity index (χ0v) is 16.3. The number of carbonyl (C=O) groups is 1. The molecule has 0 unspecified atom stereocenters. The van der Waals surface area contributed by atoms with E-state index < -0.39 is 0 Å². The fourth-order valence-electron chi connectivity index (χ4n) is 2.45. The van der Waals surface area contributed by atoms with Crippen molar-refractivity contribution in [3.63, 3.8) is 0 Å². The highest BCUT2D eigenvalue weighted by Crippen LogP contribution is 2.32. The second kappa shape index (κ2) is 8.53. The lowest BCUT2D eigenvalue weighted by atomic mass is 10.2. The average molecular weight is 399 g/mol.